The topological polar surface area (TPSA) is 38.3 Å². The predicted molar refractivity (Wildman–Crippen MR) is 86.7 cm³/mol. The molecule has 0 aliphatic carbocycles. The van der Waals surface area contributed by atoms with Crippen LogP contribution >= 0.6 is 11.3 Å². The van der Waals surface area contributed by atoms with Gasteiger partial charge in [-0.2, -0.15) is 0 Å². The highest BCUT2D eigenvalue weighted by atomic mass is 32.1. The van der Waals surface area contributed by atoms with Gasteiger partial charge < -0.3 is 10.1 Å². The normalized spacial score (nSPS) is 17.8. The number of thiophene rings is 1. The van der Waals surface area contributed by atoms with Crippen LogP contribution in [0.5, 0.6) is 0 Å². The lowest BCUT2D eigenvalue weighted by molar-refractivity contribution is -0.128. The summed E-state index contributed by atoms with van der Waals surface area (Å²) < 4.78 is 6.62. The van der Waals surface area contributed by atoms with Crippen LogP contribution in [-0.2, 0) is 16.0 Å². The third kappa shape index (κ3) is 3.44. The highest BCUT2D eigenvalue weighted by Gasteiger charge is 2.22. The lowest BCUT2D eigenvalue weighted by Crippen LogP contribution is -2.40. The van der Waals surface area contributed by atoms with E-state index in [0.29, 0.717) is 13.2 Å². The first-order valence-corrected chi connectivity index (χ1v) is 8.45. The molecule has 1 fully saturated rings. The SMILES string of the molecule is C[C@@H](Cc1csc2ccccc12)NC(=O)C1CCOCC1. The van der Waals surface area contributed by atoms with Gasteiger partial charge in [0, 0.05) is 29.9 Å². The number of ether oxygens (including phenoxy) is 1. The number of carbonyl (C=O) groups is 1. The summed E-state index contributed by atoms with van der Waals surface area (Å²) in [5.74, 6) is 0.311. The number of hydrogen-bond acceptors (Lipinski definition) is 3. The van der Waals surface area contributed by atoms with Crippen LogP contribution in [0, 0.1) is 5.92 Å². The van der Waals surface area contributed by atoms with Gasteiger partial charge in [-0.15, -0.1) is 11.3 Å². The molecular formula is C17H21NO2S. The summed E-state index contributed by atoms with van der Waals surface area (Å²) in [4.78, 5) is 12.2. The first-order valence-electron chi connectivity index (χ1n) is 7.57. The second kappa shape index (κ2) is 6.58. The summed E-state index contributed by atoms with van der Waals surface area (Å²) >= 11 is 1.77. The average molecular weight is 303 g/mol. The molecule has 3 nitrogen and oxygen atoms in total. The standard InChI is InChI=1S/C17H21NO2S/c1-12(18-17(19)13-6-8-20-9-7-13)10-14-11-21-16-5-3-2-4-15(14)16/h2-5,11-13H,6-10H2,1H3,(H,18,19)/t12-/m0/s1. The van der Waals surface area contributed by atoms with Gasteiger partial charge in [0.25, 0.3) is 0 Å². The van der Waals surface area contributed by atoms with Crippen LogP contribution < -0.4 is 5.32 Å². The van der Waals surface area contributed by atoms with Crippen LogP contribution in [0.2, 0.25) is 0 Å². The van der Waals surface area contributed by atoms with Gasteiger partial charge in [0.1, 0.15) is 0 Å². The molecule has 1 amide bonds. The van der Waals surface area contributed by atoms with Gasteiger partial charge in [-0.3, -0.25) is 4.79 Å². The first-order chi connectivity index (χ1) is 10.2. The molecule has 2 aromatic rings. The van der Waals surface area contributed by atoms with E-state index < -0.39 is 0 Å². The Hall–Kier alpha value is -1.39. The van der Waals surface area contributed by atoms with Gasteiger partial charge in [0.15, 0.2) is 0 Å². The molecule has 1 aromatic heterocycles. The van der Waals surface area contributed by atoms with E-state index >= 15 is 0 Å². The van der Waals surface area contributed by atoms with E-state index in [2.05, 4.69) is 41.9 Å². The third-order valence-electron chi connectivity index (χ3n) is 4.07. The van der Waals surface area contributed by atoms with Crippen molar-refractivity contribution in [2.24, 2.45) is 5.92 Å². The van der Waals surface area contributed by atoms with E-state index in [1.165, 1.54) is 15.6 Å². The molecule has 0 bridgehead atoms. The van der Waals surface area contributed by atoms with Crippen molar-refractivity contribution < 1.29 is 9.53 Å². The Morgan fingerprint density at radius 3 is 2.95 bits per heavy atom. The van der Waals surface area contributed by atoms with Crippen LogP contribution in [0.4, 0.5) is 0 Å². The van der Waals surface area contributed by atoms with Crippen molar-refractivity contribution >= 4 is 27.3 Å². The quantitative estimate of drug-likeness (QED) is 0.940. The highest BCUT2D eigenvalue weighted by molar-refractivity contribution is 7.17. The molecule has 1 atom stereocenters. The largest absolute Gasteiger partial charge is 0.381 e. The Morgan fingerprint density at radius 1 is 1.38 bits per heavy atom. The highest BCUT2D eigenvalue weighted by Crippen LogP contribution is 2.26. The van der Waals surface area contributed by atoms with Crippen molar-refractivity contribution in [2.45, 2.75) is 32.2 Å². The molecule has 1 saturated heterocycles. The minimum absolute atomic E-state index is 0.125. The van der Waals surface area contributed by atoms with Crippen molar-refractivity contribution in [3.63, 3.8) is 0 Å². The van der Waals surface area contributed by atoms with Gasteiger partial charge >= 0.3 is 0 Å². The summed E-state index contributed by atoms with van der Waals surface area (Å²) in [7, 11) is 0. The molecule has 1 N–H and O–H groups in total. The first kappa shape index (κ1) is 14.5. The number of hydrogen-bond donors (Lipinski definition) is 1. The van der Waals surface area contributed by atoms with E-state index in [0.717, 1.165) is 19.3 Å². The van der Waals surface area contributed by atoms with Crippen molar-refractivity contribution in [2.75, 3.05) is 13.2 Å². The smallest absolute Gasteiger partial charge is 0.223 e. The molecule has 1 aliphatic heterocycles. The molecular weight excluding hydrogens is 282 g/mol. The minimum atomic E-state index is 0.125. The molecule has 2 heterocycles. The van der Waals surface area contributed by atoms with Crippen molar-refractivity contribution in [1.82, 2.24) is 5.32 Å². The van der Waals surface area contributed by atoms with Gasteiger partial charge in [-0.05, 0) is 48.6 Å². The number of nitrogens with one attached hydrogen (secondary N) is 1. The predicted octanol–water partition coefficient (Wildman–Crippen LogP) is 3.38. The summed E-state index contributed by atoms with van der Waals surface area (Å²) in [5, 5.41) is 6.69. The third-order valence-corrected chi connectivity index (χ3v) is 5.08. The second-order valence-electron chi connectivity index (χ2n) is 5.76. The zero-order valence-electron chi connectivity index (χ0n) is 12.3. The number of amides is 1. The molecule has 3 rings (SSSR count). The maximum absolute atomic E-state index is 12.2. The molecule has 4 heteroatoms. The maximum atomic E-state index is 12.2. The fraction of sp³-hybridized carbons (Fsp3) is 0.471. The zero-order chi connectivity index (χ0) is 14.7. The lowest BCUT2D eigenvalue weighted by Gasteiger charge is -2.23. The van der Waals surface area contributed by atoms with E-state index in [1.807, 2.05) is 0 Å². The molecule has 1 aliphatic rings. The summed E-state index contributed by atoms with van der Waals surface area (Å²) in [6, 6.07) is 8.62. The maximum Gasteiger partial charge on any atom is 0.223 e. The Labute approximate surface area is 129 Å². The van der Waals surface area contributed by atoms with Gasteiger partial charge in [-0.1, -0.05) is 18.2 Å². The van der Waals surface area contributed by atoms with E-state index in [-0.39, 0.29) is 17.9 Å². The molecule has 21 heavy (non-hydrogen) atoms. The van der Waals surface area contributed by atoms with E-state index in [1.54, 1.807) is 11.3 Å². The molecule has 0 radical (unpaired) electrons. The van der Waals surface area contributed by atoms with Crippen molar-refractivity contribution in [3.05, 3.63) is 35.2 Å². The summed E-state index contributed by atoms with van der Waals surface area (Å²) in [6.45, 7) is 3.51. The summed E-state index contributed by atoms with van der Waals surface area (Å²) in [6.07, 6.45) is 2.58. The van der Waals surface area contributed by atoms with E-state index in [4.69, 9.17) is 4.74 Å². The number of fused-ring (bicyclic) bond motifs is 1. The number of benzene rings is 1. The fourth-order valence-corrected chi connectivity index (χ4v) is 3.87. The molecule has 0 spiro atoms. The van der Waals surface area contributed by atoms with Crippen LogP contribution in [0.1, 0.15) is 25.3 Å². The van der Waals surface area contributed by atoms with Gasteiger partial charge in [0.2, 0.25) is 5.91 Å². The Bertz CT molecular complexity index is 616. The van der Waals surface area contributed by atoms with Crippen molar-refractivity contribution in [1.29, 1.82) is 0 Å². The fourth-order valence-electron chi connectivity index (χ4n) is 2.89. The van der Waals surface area contributed by atoms with Crippen molar-refractivity contribution in [3.8, 4) is 0 Å². The average Bonchev–Trinajstić information content (AvgIpc) is 2.91. The van der Waals surface area contributed by atoms with Gasteiger partial charge in [0.05, 0.1) is 0 Å². The van der Waals surface area contributed by atoms with Crippen LogP contribution in [0.25, 0.3) is 10.1 Å². The van der Waals surface area contributed by atoms with Crippen LogP contribution in [0.3, 0.4) is 0 Å². The summed E-state index contributed by atoms with van der Waals surface area (Å²) in [5.41, 5.74) is 1.33. The Balaban J connectivity index is 1.60. The van der Waals surface area contributed by atoms with E-state index in [9.17, 15) is 4.79 Å². The minimum Gasteiger partial charge on any atom is -0.381 e. The molecule has 0 unspecified atom stereocenters. The Kier molecular flexibility index (Phi) is 4.56. The number of rotatable bonds is 4. The Morgan fingerprint density at radius 2 is 2.14 bits per heavy atom. The number of carbonyl (C=O) groups excluding carboxylic acids is 1. The zero-order valence-corrected chi connectivity index (χ0v) is 13.1. The second-order valence-corrected chi connectivity index (χ2v) is 6.67. The lowest BCUT2D eigenvalue weighted by atomic mass is 9.98. The van der Waals surface area contributed by atoms with Crippen LogP contribution in [0.15, 0.2) is 29.6 Å². The van der Waals surface area contributed by atoms with Crippen LogP contribution in [-0.4, -0.2) is 25.2 Å². The molecule has 112 valence electrons. The van der Waals surface area contributed by atoms with Gasteiger partial charge in [-0.25, -0.2) is 0 Å². The molecule has 0 saturated carbocycles. The molecule has 1 aromatic carbocycles. The monoisotopic (exact) mass is 303 g/mol.